The molecule has 1 saturated heterocycles. The molecule has 7 nitrogen and oxygen atoms in total. The second-order valence-corrected chi connectivity index (χ2v) is 6.08. The van der Waals surface area contributed by atoms with Crippen molar-refractivity contribution in [3.8, 4) is 5.75 Å². The van der Waals surface area contributed by atoms with E-state index in [2.05, 4.69) is 50.9 Å². The second kappa shape index (κ2) is 10.4. The molecular formula is C18H26IN5O2. The zero-order valence-corrected chi connectivity index (χ0v) is 17.4. The number of hydrogen-bond acceptors (Lipinski definition) is 4. The first kappa shape index (κ1) is 20.5. The molecule has 1 aliphatic heterocycles. The van der Waals surface area contributed by atoms with Crippen LogP contribution < -0.4 is 15.4 Å². The number of aliphatic imine (C=N–C) groups is 1. The Morgan fingerprint density at radius 1 is 1.35 bits per heavy atom. The summed E-state index contributed by atoms with van der Waals surface area (Å²) in [5, 5.41) is 13.4. The van der Waals surface area contributed by atoms with Crippen molar-refractivity contribution in [2.75, 3.05) is 20.3 Å². The molecule has 0 bridgehead atoms. The van der Waals surface area contributed by atoms with Gasteiger partial charge in [-0.15, -0.1) is 24.0 Å². The highest BCUT2D eigenvalue weighted by atomic mass is 127. The predicted octanol–water partition coefficient (Wildman–Crippen LogP) is 2.37. The van der Waals surface area contributed by atoms with Crippen LogP contribution in [0.5, 0.6) is 5.75 Å². The van der Waals surface area contributed by atoms with Gasteiger partial charge in [0.1, 0.15) is 11.9 Å². The van der Waals surface area contributed by atoms with Crippen molar-refractivity contribution in [1.82, 2.24) is 20.8 Å². The standard InChI is InChI=1S/C18H25N5O2.HI/c1-13-3-4-14(17(9-13)25-16-6-8-24-12-16)10-20-18(19-2)21-11-15-5-7-22-23-15;/h3-5,7,9,16H,6,8,10-12H2,1-2H3,(H,22,23)(H2,19,20,21);1H. The quantitative estimate of drug-likeness (QED) is 0.343. The summed E-state index contributed by atoms with van der Waals surface area (Å²) < 4.78 is 11.5. The second-order valence-electron chi connectivity index (χ2n) is 6.08. The summed E-state index contributed by atoms with van der Waals surface area (Å²) in [7, 11) is 1.75. The number of aromatic nitrogens is 2. The summed E-state index contributed by atoms with van der Waals surface area (Å²) in [6, 6.07) is 8.19. The number of rotatable bonds is 6. The largest absolute Gasteiger partial charge is 0.488 e. The number of nitrogens with one attached hydrogen (secondary N) is 3. The van der Waals surface area contributed by atoms with Gasteiger partial charge in [-0.1, -0.05) is 12.1 Å². The summed E-state index contributed by atoms with van der Waals surface area (Å²) in [5.41, 5.74) is 3.28. The first-order valence-corrected chi connectivity index (χ1v) is 8.51. The van der Waals surface area contributed by atoms with Gasteiger partial charge in [0.2, 0.25) is 0 Å². The van der Waals surface area contributed by atoms with E-state index in [1.54, 1.807) is 13.2 Å². The van der Waals surface area contributed by atoms with Crippen LogP contribution in [0.4, 0.5) is 0 Å². The minimum atomic E-state index is 0. The van der Waals surface area contributed by atoms with Gasteiger partial charge in [0.05, 0.1) is 25.5 Å². The van der Waals surface area contributed by atoms with E-state index in [1.165, 1.54) is 5.56 Å². The Kier molecular flexibility index (Phi) is 8.17. The number of halogens is 1. The van der Waals surface area contributed by atoms with E-state index in [0.29, 0.717) is 19.7 Å². The average Bonchev–Trinajstić information content (AvgIpc) is 3.30. The molecule has 0 amide bonds. The maximum atomic E-state index is 6.13. The fraction of sp³-hybridized carbons (Fsp3) is 0.444. The topological polar surface area (TPSA) is 83.6 Å². The van der Waals surface area contributed by atoms with Crippen LogP contribution in [0.3, 0.4) is 0 Å². The molecule has 2 aromatic rings. The van der Waals surface area contributed by atoms with Gasteiger partial charge in [0, 0.05) is 31.8 Å². The van der Waals surface area contributed by atoms with Gasteiger partial charge in [0.15, 0.2) is 5.96 Å². The van der Waals surface area contributed by atoms with Crippen LogP contribution in [0, 0.1) is 6.92 Å². The fourth-order valence-electron chi connectivity index (χ4n) is 2.66. The van der Waals surface area contributed by atoms with Gasteiger partial charge >= 0.3 is 0 Å². The van der Waals surface area contributed by atoms with Crippen molar-refractivity contribution < 1.29 is 9.47 Å². The lowest BCUT2D eigenvalue weighted by Crippen LogP contribution is -2.36. The third kappa shape index (κ3) is 5.87. The van der Waals surface area contributed by atoms with Crippen LogP contribution in [0.1, 0.15) is 23.2 Å². The molecule has 0 saturated carbocycles. The molecule has 0 aliphatic carbocycles. The normalized spacial score (nSPS) is 16.8. The van der Waals surface area contributed by atoms with Gasteiger partial charge in [0.25, 0.3) is 0 Å². The highest BCUT2D eigenvalue weighted by Gasteiger charge is 2.18. The Morgan fingerprint density at radius 2 is 2.19 bits per heavy atom. The van der Waals surface area contributed by atoms with Crippen molar-refractivity contribution in [3.63, 3.8) is 0 Å². The summed E-state index contributed by atoms with van der Waals surface area (Å²) >= 11 is 0. The van der Waals surface area contributed by atoms with E-state index in [4.69, 9.17) is 9.47 Å². The first-order chi connectivity index (χ1) is 12.2. The van der Waals surface area contributed by atoms with Crippen molar-refractivity contribution >= 4 is 29.9 Å². The van der Waals surface area contributed by atoms with Crippen LogP contribution in [-0.4, -0.2) is 42.5 Å². The van der Waals surface area contributed by atoms with E-state index in [0.717, 1.165) is 36.0 Å². The zero-order valence-electron chi connectivity index (χ0n) is 15.1. The number of nitrogens with zero attached hydrogens (tertiary/aromatic N) is 2. The number of hydrogen-bond donors (Lipinski definition) is 3. The van der Waals surface area contributed by atoms with Gasteiger partial charge in [-0.2, -0.15) is 5.10 Å². The maximum absolute atomic E-state index is 6.13. The molecule has 1 fully saturated rings. The molecule has 0 spiro atoms. The predicted molar refractivity (Wildman–Crippen MR) is 112 cm³/mol. The highest BCUT2D eigenvalue weighted by molar-refractivity contribution is 14.0. The monoisotopic (exact) mass is 471 g/mol. The van der Waals surface area contributed by atoms with Gasteiger partial charge in [-0.05, 0) is 24.6 Å². The van der Waals surface area contributed by atoms with Gasteiger partial charge in [-0.25, -0.2) is 0 Å². The highest BCUT2D eigenvalue weighted by Crippen LogP contribution is 2.23. The van der Waals surface area contributed by atoms with Crippen molar-refractivity contribution in [2.24, 2.45) is 4.99 Å². The Hall–Kier alpha value is -1.81. The van der Waals surface area contributed by atoms with Gasteiger partial charge < -0.3 is 20.1 Å². The van der Waals surface area contributed by atoms with E-state index < -0.39 is 0 Å². The lowest BCUT2D eigenvalue weighted by Gasteiger charge is -2.18. The Morgan fingerprint density at radius 3 is 2.88 bits per heavy atom. The molecule has 0 radical (unpaired) electrons. The minimum Gasteiger partial charge on any atom is -0.488 e. The smallest absolute Gasteiger partial charge is 0.191 e. The molecule has 1 unspecified atom stereocenters. The lowest BCUT2D eigenvalue weighted by molar-refractivity contribution is 0.140. The SMILES string of the molecule is CN=C(NCc1ccn[nH]1)NCc1ccc(C)cc1OC1CCOC1.I. The van der Waals surface area contributed by atoms with Crippen molar-refractivity contribution in [3.05, 3.63) is 47.3 Å². The fourth-order valence-corrected chi connectivity index (χ4v) is 2.66. The molecule has 26 heavy (non-hydrogen) atoms. The third-order valence-corrected chi connectivity index (χ3v) is 4.08. The van der Waals surface area contributed by atoms with Crippen LogP contribution in [0.15, 0.2) is 35.5 Å². The molecular weight excluding hydrogens is 445 g/mol. The van der Waals surface area contributed by atoms with Crippen LogP contribution in [0.25, 0.3) is 0 Å². The van der Waals surface area contributed by atoms with E-state index in [9.17, 15) is 0 Å². The third-order valence-electron chi connectivity index (χ3n) is 4.08. The molecule has 1 atom stereocenters. The van der Waals surface area contributed by atoms with E-state index >= 15 is 0 Å². The average molecular weight is 471 g/mol. The number of aryl methyl sites for hydroxylation is 1. The molecule has 1 aliphatic rings. The summed E-state index contributed by atoms with van der Waals surface area (Å²) in [6.07, 6.45) is 2.81. The number of benzene rings is 1. The maximum Gasteiger partial charge on any atom is 0.191 e. The van der Waals surface area contributed by atoms with E-state index in [1.807, 2.05) is 6.07 Å². The molecule has 3 rings (SSSR count). The molecule has 1 aromatic carbocycles. The molecule has 1 aromatic heterocycles. The number of aromatic amines is 1. The molecule has 8 heteroatoms. The Labute approximate surface area is 171 Å². The Bertz CT molecular complexity index is 700. The summed E-state index contributed by atoms with van der Waals surface area (Å²) in [5.74, 6) is 1.64. The van der Waals surface area contributed by atoms with Crippen molar-refractivity contribution in [2.45, 2.75) is 32.5 Å². The number of ether oxygens (including phenoxy) is 2. The lowest BCUT2D eigenvalue weighted by atomic mass is 10.1. The Balaban J connectivity index is 0.00000243. The van der Waals surface area contributed by atoms with E-state index in [-0.39, 0.29) is 30.1 Å². The molecule has 3 N–H and O–H groups in total. The number of H-pyrrole nitrogens is 1. The van der Waals surface area contributed by atoms with Crippen molar-refractivity contribution in [1.29, 1.82) is 0 Å². The van der Waals surface area contributed by atoms with Crippen LogP contribution in [-0.2, 0) is 17.8 Å². The number of guanidine groups is 1. The summed E-state index contributed by atoms with van der Waals surface area (Å²) in [6.45, 7) is 4.77. The summed E-state index contributed by atoms with van der Waals surface area (Å²) in [4.78, 5) is 4.25. The zero-order chi connectivity index (χ0) is 17.5. The molecule has 142 valence electrons. The molecule has 2 heterocycles. The van der Waals surface area contributed by atoms with Gasteiger partial charge in [-0.3, -0.25) is 10.1 Å². The van der Waals surface area contributed by atoms with Crippen LogP contribution >= 0.6 is 24.0 Å². The first-order valence-electron chi connectivity index (χ1n) is 8.51. The van der Waals surface area contributed by atoms with Crippen LogP contribution in [0.2, 0.25) is 0 Å². The minimum absolute atomic E-state index is 0.